The standard InChI is InChI=1S/C15H20N4/c1-3-15(17,11-16)9-6-10-19-12(2)18-13-7-4-5-8-14(13)19/h4-5,7-8H,3,6,9-10,17H2,1-2H3. The Hall–Kier alpha value is -1.86. The number of nitrogens with zero attached hydrogens (tertiary/aromatic N) is 3. The summed E-state index contributed by atoms with van der Waals surface area (Å²) in [5.41, 5.74) is 7.48. The summed E-state index contributed by atoms with van der Waals surface area (Å²) < 4.78 is 2.20. The monoisotopic (exact) mass is 256 g/mol. The Balaban J connectivity index is 2.11. The van der Waals surface area contributed by atoms with Crippen LogP contribution in [0.4, 0.5) is 0 Å². The Bertz CT molecular complexity index is 608. The minimum Gasteiger partial charge on any atom is -0.328 e. The number of fused-ring (bicyclic) bond motifs is 1. The maximum Gasteiger partial charge on any atom is 0.106 e. The van der Waals surface area contributed by atoms with E-state index in [0.717, 1.165) is 29.8 Å². The van der Waals surface area contributed by atoms with Crippen LogP contribution in [-0.4, -0.2) is 15.1 Å². The number of benzene rings is 1. The third kappa shape index (κ3) is 2.77. The van der Waals surface area contributed by atoms with Crippen molar-refractivity contribution in [3.63, 3.8) is 0 Å². The highest BCUT2D eigenvalue weighted by atomic mass is 15.1. The second kappa shape index (κ2) is 5.41. The molecule has 1 aromatic heterocycles. The largest absolute Gasteiger partial charge is 0.328 e. The van der Waals surface area contributed by atoms with Gasteiger partial charge in [0.05, 0.1) is 17.1 Å². The molecule has 0 saturated carbocycles. The number of hydrogen-bond acceptors (Lipinski definition) is 3. The maximum atomic E-state index is 9.07. The van der Waals surface area contributed by atoms with Gasteiger partial charge in [0.15, 0.2) is 0 Å². The Morgan fingerprint density at radius 3 is 2.84 bits per heavy atom. The van der Waals surface area contributed by atoms with Gasteiger partial charge in [-0.15, -0.1) is 0 Å². The van der Waals surface area contributed by atoms with Crippen molar-refractivity contribution in [3.8, 4) is 6.07 Å². The third-order valence-electron chi connectivity index (χ3n) is 3.70. The van der Waals surface area contributed by atoms with E-state index in [1.54, 1.807) is 0 Å². The number of para-hydroxylation sites is 2. The molecule has 100 valence electrons. The number of nitriles is 1. The lowest BCUT2D eigenvalue weighted by Crippen LogP contribution is -2.37. The molecule has 0 aliphatic carbocycles. The van der Waals surface area contributed by atoms with E-state index < -0.39 is 5.54 Å². The first-order valence-corrected chi connectivity index (χ1v) is 6.71. The predicted octanol–water partition coefficient (Wildman–Crippen LogP) is 2.76. The van der Waals surface area contributed by atoms with Crippen LogP contribution in [0.3, 0.4) is 0 Å². The Labute approximate surface area is 113 Å². The minimum atomic E-state index is -0.690. The highest BCUT2D eigenvalue weighted by Gasteiger charge is 2.21. The second-order valence-electron chi connectivity index (χ2n) is 5.02. The van der Waals surface area contributed by atoms with E-state index in [4.69, 9.17) is 11.0 Å². The summed E-state index contributed by atoms with van der Waals surface area (Å²) in [6.45, 7) is 4.83. The highest BCUT2D eigenvalue weighted by Crippen LogP contribution is 2.18. The van der Waals surface area contributed by atoms with Crippen molar-refractivity contribution in [1.29, 1.82) is 5.26 Å². The molecule has 0 radical (unpaired) electrons. The fraction of sp³-hybridized carbons (Fsp3) is 0.467. The van der Waals surface area contributed by atoms with Gasteiger partial charge < -0.3 is 10.3 Å². The molecule has 2 N–H and O–H groups in total. The smallest absolute Gasteiger partial charge is 0.106 e. The normalized spacial score (nSPS) is 14.2. The first kappa shape index (κ1) is 13.6. The topological polar surface area (TPSA) is 67.6 Å². The highest BCUT2D eigenvalue weighted by molar-refractivity contribution is 5.75. The molecule has 2 rings (SSSR count). The fourth-order valence-corrected chi connectivity index (χ4v) is 2.34. The van der Waals surface area contributed by atoms with Gasteiger partial charge in [0.25, 0.3) is 0 Å². The van der Waals surface area contributed by atoms with Crippen molar-refractivity contribution in [1.82, 2.24) is 9.55 Å². The Morgan fingerprint density at radius 1 is 1.42 bits per heavy atom. The van der Waals surface area contributed by atoms with Crippen molar-refractivity contribution in [2.75, 3.05) is 0 Å². The molecule has 2 aromatic rings. The summed E-state index contributed by atoms with van der Waals surface area (Å²) in [5.74, 6) is 1.01. The average molecular weight is 256 g/mol. The van der Waals surface area contributed by atoms with Crippen LogP contribution in [-0.2, 0) is 6.54 Å². The van der Waals surface area contributed by atoms with E-state index in [1.807, 2.05) is 32.0 Å². The van der Waals surface area contributed by atoms with Gasteiger partial charge in [-0.3, -0.25) is 0 Å². The van der Waals surface area contributed by atoms with Crippen molar-refractivity contribution in [2.24, 2.45) is 5.73 Å². The third-order valence-corrected chi connectivity index (χ3v) is 3.70. The van der Waals surface area contributed by atoms with Crippen LogP contribution in [0, 0.1) is 18.3 Å². The molecule has 4 nitrogen and oxygen atoms in total. The molecule has 0 bridgehead atoms. The van der Waals surface area contributed by atoms with Gasteiger partial charge in [0, 0.05) is 6.54 Å². The molecular formula is C15H20N4. The van der Waals surface area contributed by atoms with Crippen LogP contribution in [0.25, 0.3) is 11.0 Å². The molecular weight excluding hydrogens is 236 g/mol. The number of aryl methyl sites for hydroxylation is 2. The second-order valence-corrected chi connectivity index (χ2v) is 5.02. The summed E-state index contributed by atoms with van der Waals surface area (Å²) >= 11 is 0. The van der Waals surface area contributed by atoms with Gasteiger partial charge in [-0.05, 0) is 38.3 Å². The molecule has 0 fully saturated rings. The Morgan fingerprint density at radius 2 is 2.16 bits per heavy atom. The molecule has 1 unspecified atom stereocenters. The molecule has 19 heavy (non-hydrogen) atoms. The predicted molar refractivity (Wildman–Crippen MR) is 76.5 cm³/mol. The van der Waals surface area contributed by atoms with Crippen LogP contribution in [0.5, 0.6) is 0 Å². The molecule has 1 aromatic carbocycles. The zero-order chi connectivity index (χ0) is 13.9. The molecule has 0 aliphatic rings. The summed E-state index contributed by atoms with van der Waals surface area (Å²) in [5, 5.41) is 9.07. The van der Waals surface area contributed by atoms with E-state index in [2.05, 4.69) is 21.7 Å². The molecule has 0 amide bonds. The fourth-order valence-electron chi connectivity index (χ4n) is 2.34. The summed E-state index contributed by atoms with van der Waals surface area (Å²) in [6.07, 6.45) is 2.29. The van der Waals surface area contributed by atoms with Crippen molar-refractivity contribution in [2.45, 2.75) is 45.2 Å². The number of nitrogens with two attached hydrogens (primary N) is 1. The van der Waals surface area contributed by atoms with Crippen molar-refractivity contribution in [3.05, 3.63) is 30.1 Å². The summed E-state index contributed by atoms with van der Waals surface area (Å²) in [4.78, 5) is 4.54. The van der Waals surface area contributed by atoms with E-state index in [0.29, 0.717) is 12.8 Å². The average Bonchev–Trinajstić information content (AvgIpc) is 2.75. The van der Waals surface area contributed by atoms with E-state index in [1.165, 1.54) is 0 Å². The van der Waals surface area contributed by atoms with Gasteiger partial charge >= 0.3 is 0 Å². The number of aromatic nitrogens is 2. The van der Waals surface area contributed by atoms with Gasteiger partial charge in [-0.1, -0.05) is 19.1 Å². The number of imidazole rings is 1. The SMILES string of the molecule is CCC(N)(C#N)CCCn1c(C)nc2ccccc21. The maximum absolute atomic E-state index is 9.07. The van der Waals surface area contributed by atoms with E-state index in [9.17, 15) is 0 Å². The molecule has 0 saturated heterocycles. The van der Waals surface area contributed by atoms with Crippen LogP contribution < -0.4 is 5.73 Å². The zero-order valence-electron chi connectivity index (χ0n) is 11.6. The lowest BCUT2D eigenvalue weighted by atomic mass is 9.93. The quantitative estimate of drug-likeness (QED) is 0.894. The van der Waals surface area contributed by atoms with Crippen molar-refractivity contribution >= 4 is 11.0 Å². The first-order valence-electron chi connectivity index (χ1n) is 6.71. The van der Waals surface area contributed by atoms with Gasteiger partial charge in [0.2, 0.25) is 0 Å². The molecule has 1 heterocycles. The lowest BCUT2D eigenvalue weighted by molar-refractivity contribution is 0.445. The molecule has 0 aliphatic heterocycles. The van der Waals surface area contributed by atoms with Gasteiger partial charge in [0.1, 0.15) is 11.4 Å². The minimum absolute atomic E-state index is 0.688. The van der Waals surface area contributed by atoms with Crippen LogP contribution in [0.2, 0.25) is 0 Å². The van der Waals surface area contributed by atoms with Gasteiger partial charge in [-0.25, -0.2) is 4.98 Å². The molecule has 1 atom stereocenters. The summed E-state index contributed by atoms with van der Waals surface area (Å²) in [7, 11) is 0. The van der Waals surface area contributed by atoms with Crippen LogP contribution >= 0.6 is 0 Å². The zero-order valence-corrected chi connectivity index (χ0v) is 11.6. The number of hydrogen-bond donors (Lipinski definition) is 1. The van der Waals surface area contributed by atoms with Crippen LogP contribution in [0.15, 0.2) is 24.3 Å². The van der Waals surface area contributed by atoms with Crippen LogP contribution in [0.1, 0.15) is 32.0 Å². The Kier molecular flexibility index (Phi) is 3.87. The van der Waals surface area contributed by atoms with Gasteiger partial charge in [-0.2, -0.15) is 5.26 Å². The summed E-state index contributed by atoms with van der Waals surface area (Å²) in [6, 6.07) is 10.3. The lowest BCUT2D eigenvalue weighted by Gasteiger charge is -2.19. The van der Waals surface area contributed by atoms with Crippen molar-refractivity contribution < 1.29 is 0 Å². The molecule has 4 heteroatoms. The first-order chi connectivity index (χ1) is 9.09. The number of rotatable bonds is 5. The van der Waals surface area contributed by atoms with E-state index in [-0.39, 0.29) is 0 Å². The van der Waals surface area contributed by atoms with E-state index >= 15 is 0 Å². The molecule has 0 spiro atoms.